The van der Waals surface area contributed by atoms with Gasteiger partial charge in [0.2, 0.25) is 0 Å². The van der Waals surface area contributed by atoms with Crippen molar-refractivity contribution in [1.82, 2.24) is 0 Å². The molecule has 2 rings (SSSR count). The van der Waals surface area contributed by atoms with Gasteiger partial charge in [-0.1, -0.05) is 74.5 Å². The summed E-state index contributed by atoms with van der Waals surface area (Å²) in [7, 11) is 1.58. The lowest BCUT2D eigenvalue weighted by Crippen LogP contribution is -2.35. The van der Waals surface area contributed by atoms with Gasteiger partial charge in [0.25, 0.3) is 5.79 Å². The maximum atomic E-state index is 11.0. The Morgan fingerprint density at radius 3 is 1.88 bits per heavy atom. The van der Waals surface area contributed by atoms with Gasteiger partial charge in [-0.2, -0.15) is 4.89 Å². The minimum absolute atomic E-state index is 0.279. The van der Waals surface area contributed by atoms with Gasteiger partial charge < -0.3 is 9.53 Å². The van der Waals surface area contributed by atoms with Crippen molar-refractivity contribution in [3.05, 3.63) is 71.8 Å². The first kappa shape index (κ1) is 19.3. The van der Waals surface area contributed by atoms with E-state index in [1.54, 1.807) is 7.11 Å². The Morgan fingerprint density at radius 1 is 0.960 bits per heavy atom. The Kier molecular flexibility index (Phi) is 7.31. The second-order valence-corrected chi connectivity index (χ2v) is 6.39. The Bertz CT molecular complexity index is 585. The van der Waals surface area contributed by atoms with Crippen molar-refractivity contribution in [3.8, 4) is 0 Å². The van der Waals surface area contributed by atoms with Crippen LogP contribution in [0.5, 0.6) is 0 Å². The van der Waals surface area contributed by atoms with Gasteiger partial charge in [0.05, 0.1) is 6.10 Å². The van der Waals surface area contributed by atoms with Crippen molar-refractivity contribution in [3.63, 3.8) is 0 Å². The molecular formula is C21H26O4. The fourth-order valence-corrected chi connectivity index (χ4v) is 2.79. The van der Waals surface area contributed by atoms with Crippen LogP contribution in [-0.2, 0) is 25.1 Å². The third kappa shape index (κ3) is 4.98. The standard InChI is InChI=1S/C21H26O4/c1-17(2)16-20(14-15-22)24-25-21(23-3,18-10-6-4-7-11-18)19-12-8-5-9-13-19/h4-13,15,17,20H,14,16H2,1-3H3/t20-/m0/s1. The number of hydrogen-bond donors (Lipinski definition) is 0. The van der Waals surface area contributed by atoms with E-state index in [2.05, 4.69) is 13.8 Å². The summed E-state index contributed by atoms with van der Waals surface area (Å²) in [5, 5.41) is 0. The molecule has 4 heteroatoms. The molecule has 0 unspecified atom stereocenters. The molecule has 0 N–H and O–H groups in total. The second kappa shape index (κ2) is 9.47. The number of hydrogen-bond acceptors (Lipinski definition) is 4. The monoisotopic (exact) mass is 342 g/mol. The number of carbonyl (C=O) groups excluding carboxylic acids is 1. The van der Waals surface area contributed by atoms with Crippen LogP contribution < -0.4 is 0 Å². The molecule has 134 valence electrons. The molecule has 0 saturated carbocycles. The van der Waals surface area contributed by atoms with Gasteiger partial charge in [-0.15, -0.1) is 0 Å². The summed E-state index contributed by atoms with van der Waals surface area (Å²) >= 11 is 0. The summed E-state index contributed by atoms with van der Waals surface area (Å²) in [6, 6.07) is 19.3. The van der Waals surface area contributed by atoms with E-state index in [-0.39, 0.29) is 12.5 Å². The molecule has 0 fully saturated rings. The highest BCUT2D eigenvalue weighted by Crippen LogP contribution is 2.35. The lowest BCUT2D eigenvalue weighted by Gasteiger charge is -2.33. The Hall–Kier alpha value is -2.01. The van der Waals surface area contributed by atoms with E-state index in [1.807, 2.05) is 60.7 Å². The van der Waals surface area contributed by atoms with Crippen molar-refractivity contribution in [1.29, 1.82) is 0 Å². The van der Waals surface area contributed by atoms with E-state index < -0.39 is 5.79 Å². The molecule has 0 heterocycles. The van der Waals surface area contributed by atoms with Gasteiger partial charge in [-0.25, -0.2) is 4.89 Å². The van der Waals surface area contributed by atoms with Crippen LogP contribution in [0, 0.1) is 5.92 Å². The highest BCUT2D eigenvalue weighted by atomic mass is 17.2. The molecule has 0 amide bonds. The molecule has 4 nitrogen and oxygen atoms in total. The average molecular weight is 342 g/mol. The van der Waals surface area contributed by atoms with Gasteiger partial charge >= 0.3 is 0 Å². The average Bonchev–Trinajstić information content (AvgIpc) is 2.64. The predicted molar refractivity (Wildman–Crippen MR) is 96.8 cm³/mol. The molecule has 0 aromatic heterocycles. The van der Waals surface area contributed by atoms with Crippen LogP contribution >= 0.6 is 0 Å². The smallest absolute Gasteiger partial charge is 0.253 e. The zero-order chi connectivity index (χ0) is 18.1. The number of methoxy groups -OCH3 is 1. The van der Waals surface area contributed by atoms with E-state index in [0.717, 1.165) is 23.8 Å². The molecule has 2 aromatic rings. The Morgan fingerprint density at radius 2 is 1.48 bits per heavy atom. The third-order valence-electron chi connectivity index (χ3n) is 3.99. The molecule has 0 saturated heterocycles. The third-order valence-corrected chi connectivity index (χ3v) is 3.99. The molecule has 0 aliphatic heterocycles. The van der Waals surface area contributed by atoms with Crippen molar-refractivity contribution in [2.45, 2.75) is 38.6 Å². The van der Waals surface area contributed by atoms with Gasteiger partial charge in [-0.3, -0.25) is 0 Å². The number of rotatable bonds is 10. The molecule has 0 radical (unpaired) electrons. The Labute approximate surface area is 149 Å². The summed E-state index contributed by atoms with van der Waals surface area (Å²) in [6.45, 7) is 4.16. The van der Waals surface area contributed by atoms with Crippen LogP contribution in [0.3, 0.4) is 0 Å². The summed E-state index contributed by atoms with van der Waals surface area (Å²) in [6.07, 6.45) is 1.54. The summed E-state index contributed by atoms with van der Waals surface area (Å²) in [5.41, 5.74) is 1.64. The van der Waals surface area contributed by atoms with E-state index in [0.29, 0.717) is 5.92 Å². The number of ether oxygens (including phenoxy) is 1. The number of aldehydes is 1. The molecule has 1 atom stereocenters. The minimum Gasteiger partial charge on any atom is -0.344 e. The minimum atomic E-state index is -1.19. The molecule has 0 aliphatic carbocycles. The molecule has 0 aliphatic rings. The van der Waals surface area contributed by atoms with Gasteiger partial charge in [0.1, 0.15) is 6.29 Å². The summed E-state index contributed by atoms with van der Waals surface area (Å²) < 4.78 is 5.81. The van der Waals surface area contributed by atoms with Gasteiger partial charge in [0.15, 0.2) is 0 Å². The van der Waals surface area contributed by atoms with Crippen molar-refractivity contribution in [2.75, 3.05) is 7.11 Å². The maximum Gasteiger partial charge on any atom is 0.253 e. The van der Waals surface area contributed by atoms with Crippen LogP contribution in [0.2, 0.25) is 0 Å². The molecular weight excluding hydrogens is 316 g/mol. The normalized spacial score (nSPS) is 13.0. The Balaban J connectivity index is 2.33. The topological polar surface area (TPSA) is 44.8 Å². The molecule has 0 spiro atoms. The number of carbonyl (C=O) groups is 1. The first-order valence-electron chi connectivity index (χ1n) is 8.56. The van der Waals surface area contributed by atoms with Crippen molar-refractivity contribution in [2.24, 2.45) is 5.92 Å². The quantitative estimate of drug-likeness (QED) is 0.276. The van der Waals surface area contributed by atoms with Gasteiger partial charge in [0, 0.05) is 24.7 Å². The summed E-state index contributed by atoms with van der Waals surface area (Å²) in [5.74, 6) is -0.806. The maximum absolute atomic E-state index is 11.0. The first-order valence-corrected chi connectivity index (χ1v) is 8.56. The zero-order valence-electron chi connectivity index (χ0n) is 15.1. The van der Waals surface area contributed by atoms with Crippen LogP contribution in [-0.4, -0.2) is 19.5 Å². The first-order chi connectivity index (χ1) is 12.1. The fourth-order valence-electron chi connectivity index (χ4n) is 2.79. The summed E-state index contributed by atoms with van der Waals surface area (Å²) in [4.78, 5) is 22.6. The fraction of sp³-hybridized carbons (Fsp3) is 0.381. The molecule has 2 aromatic carbocycles. The van der Waals surface area contributed by atoms with E-state index in [9.17, 15) is 4.79 Å². The van der Waals surface area contributed by atoms with Crippen LogP contribution in [0.1, 0.15) is 37.8 Å². The number of benzene rings is 2. The zero-order valence-corrected chi connectivity index (χ0v) is 15.1. The predicted octanol–water partition coefficient (Wildman–Crippen LogP) is 4.49. The van der Waals surface area contributed by atoms with E-state index in [4.69, 9.17) is 14.5 Å². The SMILES string of the molecule is COC(OO[C@@H](CC=O)CC(C)C)(c1ccccc1)c1ccccc1. The van der Waals surface area contributed by atoms with Crippen molar-refractivity contribution < 1.29 is 19.3 Å². The van der Waals surface area contributed by atoms with Gasteiger partial charge in [-0.05, 0) is 12.3 Å². The largest absolute Gasteiger partial charge is 0.344 e. The highest BCUT2D eigenvalue weighted by molar-refractivity contribution is 5.50. The van der Waals surface area contributed by atoms with Crippen LogP contribution in [0.4, 0.5) is 0 Å². The van der Waals surface area contributed by atoms with Crippen LogP contribution in [0.25, 0.3) is 0 Å². The van der Waals surface area contributed by atoms with Crippen LogP contribution in [0.15, 0.2) is 60.7 Å². The second-order valence-electron chi connectivity index (χ2n) is 6.39. The molecule has 25 heavy (non-hydrogen) atoms. The van der Waals surface area contributed by atoms with E-state index >= 15 is 0 Å². The lowest BCUT2D eigenvalue weighted by molar-refractivity contribution is -0.435. The van der Waals surface area contributed by atoms with E-state index in [1.165, 1.54) is 0 Å². The highest BCUT2D eigenvalue weighted by Gasteiger charge is 2.38. The molecule has 0 bridgehead atoms. The lowest BCUT2D eigenvalue weighted by atomic mass is 9.97. The van der Waals surface area contributed by atoms with Crippen molar-refractivity contribution >= 4 is 6.29 Å².